The molecule has 34 heavy (non-hydrogen) atoms. The van der Waals surface area contributed by atoms with Crippen molar-refractivity contribution in [2.45, 2.75) is 53.9 Å². The molecule has 0 radical (unpaired) electrons. The van der Waals surface area contributed by atoms with Crippen LogP contribution in [0.2, 0.25) is 0 Å². The highest BCUT2D eigenvalue weighted by atomic mass is 19.1. The number of benzene rings is 1. The maximum Gasteiger partial charge on any atom is 0.258 e. The molecule has 2 atom stereocenters. The fourth-order valence-electron chi connectivity index (χ4n) is 4.34. The predicted molar refractivity (Wildman–Crippen MR) is 138 cm³/mol. The molecule has 0 aliphatic carbocycles. The van der Waals surface area contributed by atoms with Gasteiger partial charge in [-0.05, 0) is 54.5 Å². The number of rotatable bonds is 6. The average molecular weight is 468 g/mol. The van der Waals surface area contributed by atoms with Gasteiger partial charge in [0.1, 0.15) is 5.65 Å². The van der Waals surface area contributed by atoms with Gasteiger partial charge in [0.15, 0.2) is 11.6 Å². The van der Waals surface area contributed by atoms with Crippen LogP contribution in [0, 0.1) is 23.6 Å². The third-order valence-electron chi connectivity index (χ3n) is 6.15. The second-order valence-electron chi connectivity index (χ2n) is 9.96. The van der Waals surface area contributed by atoms with E-state index in [2.05, 4.69) is 44.5 Å². The third-order valence-corrected chi connectivity index (χ3v) is 6.15. The second-order valence-corrected chi connectivity index (χ2v) is 9.96. The van der Waals surface area contributed by atoms with Crippen LogP contribution in [0.4, 0.5) is 10.1 Å². The van der Waals surface area contributed by atoms with E-state index >= 15 is 0 Å². The number of unbranched alkanes of at least 4 members (excludes halogenated alkanes) is 1. The van der Waals surface area contributed by atoms with E-state index in [1.807, 2.05) is 18.3 Å². The molecule has 0 amide bonds. The van der Waals surface area contributed by atoms with Crippen molar-refractivity contribution >= 4 is 11.3 Å². The Kier molecular flexibility index (Phi) is 8.70. The molecule has 2 unspecified atom stereocenters. The standard InChI is InChI=1S/C24H28FN3O2.C4H10/c1-4-5-6-18-14-27(13-16(18)2)19-8-10-23-26-21(12-24(29)28(23)15-19)17-7-9-22(30-3)20(25)11-17;1-4(2)3/h7-12,15-16,18H,4-6,13-14H2,1-3H3;4H,1-3H3. The Morgan fingerprint density at radius 3 is 2.53 bits per heavy atom. The summed E-state index contributed by atoms with van der Waals surface area (Å²) in [4.78, 5) is 19.7. The predicted octanol–water partition coefficient (Wildman–Crippen LogP) is 6.43. The van der Waals surface area contributed by atoms with Gasteiger partial charge in [0.05, 0.1) is 18.5 Å². The fraction of sp³-hybridized carbons (Fsp3) is 0.500. The molecule has 3 aromatic rings. The quantitative estimate of drug-likeness (QED) is 0.419. The Morgan fingerprint density at radius 1 is 1.15 bits per heavy atom. The molecular weight excluding hydrogens is 429 g/mol. The normalized spacial score (nSPS) is 17.7. The van der Waals surface area contributed by atoms with Crippen LogP contribution in [0.5, 0.6) is 5.75 Å². The summed E-state index contributed by atoms with van der Waals surface area (Å²) in [6.45, 7) is 13.1. The van der Waals surface area contributed by atoms with Crippen molar-refractivity contribution in [3.8, 4) is 17.0 Å². The highest BCUT2D eigenvalue weighted by Gasteiger charge is 2.29. The Hall–Kier alpha value is -2.89. The lowest BCUT2D eigenvalue weighted by atomic mass is 9.93. The van der Waals surface area contributed by atoms with Crippen LogP contribution < -0.4 is 15.2 Å². The third kappa shape index (κ3) is 6.16. The molecule has 1 saturated heterocycles. The molecule has 1 aliphatic heterocycles. The zero-order chi connectivity index (χ0) is 24.8. The molecule has 0 N–H and O–H groups in total. The van der Waals surface area contributed by atoms with Crippen LogP contribution in [0.25, 0.3) is 16.9 Å². The fourth-order valence-corrected chi connectivity index (χ4v) is 4.34. The number of aromatic nitrogens is 2. The molecular formula is C28H38FN3O2. The largest absolute Gasteiger partial charge is 0.494 e. The maximum absolute atomic E-state index is 14.1. The molecule has 3 heterocycles. The first-order valence-corrected chi connectivity index (χ1v) is 12.4. The van der Waals surface area contributed by atoms with E-state index in [1.165, 1.54) is 38.5 Å². The maximum atomic E-state index is 14.1. The van der Waals surface area contributed by atoms with Crippen LogP contribution in [-0.2, 0) is 0 Å². The lowest BCUT2D eigenvalue weighted by molar-refractivity contribution is 0.386. The van der Waals surface area contributed by atoms with E-state index in [4.69, 9.17) is 4.74 Å². The van der Waals surface area contributed by atoms with Crippen molar-refractivity contribution in [1.82, 2.24) is 9.38 Å². The first-order chi connectivity index (χ1) is 16.2. The van der Waals surface area contributed by atoms with E-state index < -0.39 is 5.82 Å². The van der Waals surface area contributed by atoms with E-state index in [9.17, 15) is 9.18 Å². The number of nitrogens with zero attached hydrogens (tertiary/aromatic N) is 3. The summed E-state index contributed by atoms with van der Waals surface area (Å²) in [5, 5.41) is 0. The second kappa shape index (κ2) is 11.5. The van der Waals surface area contributed by atoms with Gasteiger partial charge < -0.3 is 9.64 Å². The Morgan fingerprint density at radius 2 is 1.88 bits per heavy atom. The molecule has 1 aliphatic rings. The number of methoxy groups -OCH3 is 1. The molecule has 2 aromatic heterocycles. The summed E-state index contributed by atoms with van der Waals surface area (Å²) in [6, 6.07) is 9.93. The zero-order valence-corrected chi connectivity index (χ0v) is 21.3. The van der Waals surface area contributed by atoms with Gasteiger partial charge in [0, 0.05) is 30.9 Å². The first kappa shape index (κ1) is 25.7. The minimum Gasteiger partial charge on any atom is -0.494 e. The zero-order valence-electron chi connectivity index (χ0n) is 21.3. The van der Waals surface area contributed by atoms with Crippen molar-refractivity contribution in [3.05, 3.63) is 58.8 Å². The van der Waals surface area contributed by atoms with E-state index in [1.54, 1.807) is 16.5 Å². The van der Waals surface area contributed by atoms with Crippen molar-refractivity contribution in [2.75, 3.05) is 25.1 Å². The lowest BCUT2D eigenvalue weighted by Crippen LogP contribution is -2.22. The summed E-state index contributed by atoms with van der Waals surface area (Å²) in [7, 11) is 1.42. The summed E-state index contributed by atoms with van der Waals surface area (Å²) in [5.41, 5.74) is 2.41. The topological polar surface area (TPSA) is 46.8 Å². The monoisotopic (exact) mass is 467 g/mol. The molecule has 0 bridgehead atoms. The van der Waals surface area contributed by atoms with Gasteiger partial charge in [-0.3, -0.25) is 9.20 Å². The molecule has 184 valence electrons. The number of pyridine rings is 1. The summed E-state index contributed by atoms with van der Waals surface area (Å²) < 4.78 is 20.6. The van der Waals surface area contributed by atoms with E-state index in [-0.39, 0.29) is 11.3 Å². The van der Waals surface area contributed by atoms with Gasteiger partial charge in [0.2, 0.25) is 0 Å². The SMILES string of the molecule is CC(C)C.CCCCC1CN(c2ccc3nc(-c4ccc(OC)c(F)c4)cc(=O)n3c2)CC1C. The summed E-state index contributed by atoms with van der Waals surface area (Å²) >= 11 is 0. The van der Waals surface area contributed by atoms with Crippen LogP contribution in [0.3, 0.4) is 0 Å². The van der Waals surface area contributed by atoms with Crippen molar-refractivity contribution in [2.24, 2.45) is 17.8 Å². The minimum absolute atomic E-state index is 0.165. The molecule has 1 aromatic carbocycles. The van der Waals surface area contributed by atoms with Gasteiger partial charge in [-0.15, -0.1) is 0 Å². The lowest BCUT2D eigenvalue weighted by Gasteiger charge is -2.19. The van der Waals surface area contributed by atoms with Crippen LogP contribution in [0.1, 0.15) is 53.9 Å². The molecule has 4 rings (SSSR count). The number of hydrogen-bond donors (Lipinski definition) is 0. The Bertz CT molecular complexity index is 1160. The van der Waals surface area contributed by atoms with Crippen LogP contribution in [-0.4, -0.2) is 29.6 Å². The number of anilines is 1. The number of halogens is 1. The van der Waals surface area contributed by atoms with Gasteiger partial charge in [0.25, 0.3) is 5.56 Å². The number of hydrogen-bond acceptors (Lipinski definition) is 4. The summed E-state index contributed by atoms with van der Waals surface area (Å²) in [5.74, 6) is 1.86. The molecule has 5 nitrogen and oxygen atoms in total. The van der Waals surface area contributed by atoms with E-state index in [0.717, 1.165) is 24.7 Å². The van der Waals surface area contributed by atoms with Crippen molar-refractivity contribution in [3.63, 3.8) is 0 Å². The van der Waals surface area contributed by atoms with Gasteiger partial charge in [-0.2, -0.15) is 0 Å². The first-order valence-electron chi connectivity index (χ1n) is 12.4. The van der Waals surface area contributed by atoms with Crippen LogP contribution in [0.15, 0.2) is 47.4 Å². The van der Waals surface area contributed by atoms with Crippen molar-refractivity contribution < 1.29 is 9.13 Å². The highest BCUT2D eigenvalue weighted by Crippen LogP contribution is 2.31. The average Bonchev–Trinajstić information content (AvgIpc) is 3.17. The van der Waals surface area contributed by atoms with Gasteiger partial charge >= 0.3 is 0 Å². The molecule has 6 heteroatoms. The Labute approximate surface area is 202 Å². The Balaban J connectivity index is 0.000000751. The molecule has 0 spiro atoms. The van der Waals surface area contributed by atoms with Gasteiger partial charge in [-0.25, -0.2) is 9.37 Å². The number of fused-ring (bicyclic) bond motifs is 1. The smallest absolute Gasteiger partial charge is 0.258 e. The van der Waals surface area contributed by atoms with Crippen molar-refractivity contribution in [1.29, 1.82) is 0 Å². The minimum atomic E-state index is -0.479. The number of ether oxygens (including phenoxy) is 1. The molecule has 0 saturated carbocycles. The highest BCUT2D eigenvalue weighted by molar-refractivity contribution is 5.63. The van der Waals surface area contributed by atoms with Gasteiger partial charge in [-0.1, -0.05) is 47.5 Å². The molecule has 1 fully saturated rings. The summed E-state index contributed by atoms with van der Waals surface area (Å²) in [6.07, 6.45) is 5.61. The van der Waals surface area contributed by atoms with Crippen LogP contribution >= 0.6 is 0 Å². The van der Waals surface area contributed by atoms with E-state index in [0.29, 0.717) is 28.7 Å².